The predicted molar refractivity (Wildman–Crippen MR) is 112 cm³/mol. The number of methoxy groups -OCH3 is 1. The second-order valence-corrected chi connectivity index (χ2v) is 9.70. The summed E-state index contributed by atoms with van der Waals surface area (Å²) >= 11 is 0. The molecule has 156 valence electrons. The lowest BCUT2D eigenvalue weighted by Gasteiger charge is -2.39. The molecule has 2 aliphatic rings. The van der Waals surface area contributed by atoms with Crippen molar-refractivity contribution in [3.63, 3.8) is 0 Å². The molecule has 0 saturated heterocycles. The van der Waals surface area contributed by atoms with Crippen molar-refractivity contribution < 1.29 is 19.1 Å². The number of hydrogen-bond donors (Lipinski definition) is 1. The number of Topliss-reactive ketones (excluding diaryl/α,β-unsaturated/α-hetero) is 1. The summed E-state index contributed by atoms with van der Waals surface area (Å²) in [6, 6.07) is 7.56. The van der Waals surface area contributed by atoms with Gasteiger partial charge in [0.15, 0.2) is 5.78 Å². The van der Waals surface area contributed by atoms with Crippen LogP contribution in [0.3, 0.4) is 0 Å². The third kappa shape index (κ3) is 4.39. The lowest BCUT2D eigenvalue weighted by Crippen LogP contribution is -2.39. The first-order chi connectivity index (χ1) is 13.4. The Balaban J connectivity index is 2.14. The van der Waals surface area contributed by atoms with Crippen LogP contribution in [0.4, 0.5) is 0 Å². The number of hydrogen-bond acceptors (Lipinski definition) is 5. The van der Waals surface area contributed by atoms with Crippen molar-refractivity contribution in [2.45, 2.75) is 65.9 Å². The highest BCUT2D eigenvalue weighted by atomic mass is 16.6. The van der Waals surface area contributed by atoms with Gasteiger partial charge in [0.25, 0.3) is 0 Å². The maximum atomic E-state index is 13.2. The molecule has 1 aliphatic heterocycles. The van der Waals surface area contributed by atoms with E-state index in [4.69, 9.17) is 9.47 Å². The number of dihydropyridines is 1. The molecule has 0 bridgehead atoms. The molecular formula is C24H31NO4. The highest BCUT2D eigenvalue weighted by molar-refractivity contribution is 6.04. The fraction of sp³-hybridized carbons (Fsp3) is 0.500. The van der Waals surface area contributed by atoms with Crippen molar-refractivity contribution in [1.82, 2.24) is 5.32 Å². The smallest absolute Gasteiger partial charge is 0.337 e. The van der Waals surface area contributed by atoms with Gasteiger partial charge in [-0.25, -0.2) is 4.79 Å². The number of nitrogens with one attached hydrogen (secondary N) is 1. The van der Waals surface area contributed by atoms with E-state index < -0.39 is 17.5 Å². The van der Waals surface area contributed by atoms with Crippen LogP contribution < -0.4 is 10.1 Å². The Hall–Kier alpha value is -2.56. The largest absolute Gasteiger partial charge is 0.497 e. The summed E-state index contributed by atoms with van der Waals surface area (Å²) in [5.74, 6) is -0.0336. The minimum absolute atomic E-state index is 0.0816. The Bertz CT molecular complexity index is 898. The van der Waals surface area contributed by atoms with Gasteiger partial charge in [0.2, 0.25) is 0 Å². The molecule has 1 atom stereocenters. The molecule has 0 saturated carbocycles. The van der Waals surface area contributed by atoms with Crippen molar-refractivity contribution in [2.75, 3.05) is 7.11 Å². The van der Waals surface area contributed by atoms with Gasteiger partial charge in [0.1, 0.15) is 11.4 Å². The Morgan fingerprint density at radius 1 is 1.14 bits per heavy atom. The van der Waals surface area contributed by atoms with Gasteiger partial charge in [-0.3, -0.25) is 4.79 Å². The Kier molecular flexibility index (Phi) is 5.37. The highest BCUT2D eigenvalue weighted by Gasteiger charge is 2.43. The monoisotopic (exact) mass is 397 g/mol. The molecule has 0 unspecified atom stereocenters. The van der Waals surface area contributed by atoms with Crippen LogP contribution in [-0.2, 0) is 14.3 Å². The standard InChI is InChI=1S/C24H31NO4/c1-14-19(22(27)29-23(2,3)4)20(15-8-10-16(28-7)11-9-15)21-17(25-14)12-24(5,6)13-18(21)26/h8-11,20,25H,12-13H2,1-7H3/t20-/m1/s1. The first-order valence-corrected chi connectivity index (χ1v) is 10.0. The number of rotatable bonds is 3. The maximum absolute atomic E-state index is 13.2. The van der Waals surface area contributed by atoms with Gasteiger partial charge in [-0.05, 0) is 57.2 Å². The van der Waals surface area contributed by atoms with E-state index in [2.05, 4.69) is 19.2 Å². The van der Waals surface area contributed by atoms with Crippen LogP contribution in [0.25, 0.3) is 0 Å². The number of ether oxygens (including phenoxy) is 2. The van der Waals surface area contributed by atoms with Gasteiger partial charge in [-0.2, -0.15) is 0 Å². The van der Waals surface area contributed by atoms with E-state index in [9.17, 15) is 9.59 Å². The summed E-state index contributed by atoms with van der Waals surface area (Å²) in [6.07, 6.45) is 1.22. The van der Waals surface area contributed by atoms with Gasteiger partial charge >= 0.3 is 5.97 Å². The number of ketones is 1. The van der Waals surface area contributed by atoms with Crippen molar-refractivity contribution in [1.29, 1.82) is 0 Å². The van der Waals surface area contributed by atoms with E-state index in [0.717, 1.165) is 29.1 Å². The molecule has 1 aromatic rings. The molecule has 1 aromatic carbocycles. The van der Waals surface area contributed by atoms with Gasteiger partial charge in [-0.15, -0.1) is 0 Å². The number of carbonyl (C=O) groups excluding carboxylic acids is 2. The zero-order valence-corrected chi connectivity index (χ0v) is 18.4. The van der Waals surface area contributed by atoms with Crippen molar-refractivity contribution >= 4 is 11.8 Å². The zero-order chi connectivity index (χ0) is 21.6. The quantitative estimate of drug-likeness (QED) is 0.753. The zero-order valence-electron chi connectivity index (χ0n) is 18.4. The summed E-state index contributed by atoms with van der Waals surface area (Å²) in [5.41, 5.74) is 2.98. The van der Waals surface area contributed by atoms with E-state index in [1.54, 1.807) is 7.11 Å². The van der Waals surface area contributed by atoms with Crippen LogP contribution in [0.15, 0.2) is 46.8 Å². The molecule has 5 nitrogen and oxygen atoms in total. The van der Waals surface area contributed by atoms with E-state index in [0.29, 0.717) is 17.6 Å². The van der Waals surface area contributed by atoms with Crippen LogP contribution in [0, 0.1) is 5.41 Å². The lowest BCUT2D eigenvalue weighted by molar-refractivity contribution is -0.150. The number of carbonyl (C=O) groups is 2. The van der Waals surface area contributed by atoms with Gasteiger partial charge in [-0.1, -0.05) is 26.0 Å². The van der Waals surface area contributed by atoms with E-state index in [1.165, 1.54) is 0 Å². The molecule has 5 heteroatoms. The number of allylic oxidation sites excluding steroid dienone is 3. The van der Waals surface area contributed by atoms with Crippen LogP contribution in [-0.4, -0.2) is 24.5 Å². The minimum Gasteiger partial charge on any atom is -0.497 e. The molecule has 0 fully saturated rings. The van der Waals surface area contributed by atoms with Crippen molar-refractivity contribution in [2.24, 2.45) is 5.41 Å². The average molecular weight is 398 g/mol. The maximum Gasteiger partial charge on any atom is 0.337 e. The molecule has 3 rings (SSSR count). The predicted octanol–water partition coefficient (Wildman–Crippen LogP) is 4.64. The molecule has 0 radical (unpaired) electrons. The van der Waals surface area contributed by atoms with Crippen LogP contribution in [0.1, 0.15) is 65.9 Å². The SMILES string of the molecule is COc1ccc([C@@H]2C(C(=O)OC(C)(C)C)=C(C)NC3=C2C(=O)CC(C)(C)C3)cc1. The number of esters is 1. The fourth-order valence-electron chi connectivity index (χ4n) is 4.17. The molecule has 1 heterocycles. The van der Waals surface area contributed by atoms with Crippen LogP contribution in [0.5, 0.6) is 5.75 Å². The van der Waals surface area contributed by atoms with Crippen molar-refractivity contribution in [3.8, 4) is 5.75 Å². The second kappa shape index (κ2) is 7.36. The molecule has 0 aromatic heterocycles. The first kappa shape index (κ1) is 21.2. The average Bonchev–Trinajstić information content (AvgIpc) is 2.57. The Morgan fingerprint density at radius 3 is 2.31 bits per heavy atom. The van der Waals surface area contributed by atoms with Gasteiger partial charge < -0.3 is 14.8 Å². The van der Waals surface area contributed by atoms with Crippen LogP contribution >= 0.6 is 0 Å². The summed E-state index contributed by atoms with van der Waals surface area (Å²) < 4.78 is 11.0. The molecule has 1 N–H and O–H groups in total. The second-order valence-electron chi connectivity index (χ2n) is 9.70. The minimum atomic E-state index is -0.623. The van der Waals surface area contributed by atoms with E-state index >= 15 is 0 Å². The van der Waals surface area contributed by atoms with E-state index in [-0.39, 0.29) is 11.2 Å². The molecule has 29 heavy (non-hydrogen) atoms. The summed E-state index contributed by atoms with van der Waals surface area (Å²) in [4.78, 5) is 26.4. The molecule has 0 amide bonds. The Morgan fingerprint density at radius 2 is 1.76 bits per heavy atom. The summed E-state index contributed by atoms with van der Waals surface area (Å²) in [6.45, 7) is 11.6. The van der Waals surface area contributed by atoms with E-state index in [1.807, 2.05) is 52.0 Å². The molecular weight excluding hydrogens is 366 g/mol. The molecule has 1 aliphatic carbocycles. The fourth-order valence-corrected chi connectivity index (χ4v) is 4.17. The molecule has 0 spiro atoms. The summed E-state index contributed by atoms with van der Waals surface area (Å²) in [5, 5.41) is 3.36. The highest BCUT2D eigenvalue weighted by Crippen LogP contribution is 2.47. The topological polar surface area (TPSA) is 64.6 Å². The third-order valence-corrected chi connectivity index (χ3v) is 5.31. The normalized spacial score (nSPS) is 21.5. The Labute approximate surface area is 173 Å². The first-order valence-electron chi connectivity index (χ1n) is 10.0. The van der Waals surface area contributed by atoms with Crippen LogP contribution in [0.2, 0.25) is 0 Å². The lowest BCUT2D eigenvalue weighted by atomic mass is 9.68. The summed E-state index contributed by atoms with van der Waals surface area (Å²) in [7, 11) is 1.61. The number of benzene rings is 1. The van der Waals surface area contributed by atoms with Crippen molar-refractivity contribution in [3.05, 3.63) is 52.4 Å². The third-order valence-electron chi connectivity index (χ3n) is 5.31. The van der Waals surface area contributed by atoms with Gasteiger partial charge in [0, 0.05) is 29.3 Å². The van der Waals surface area contributed by atoms with Gasteiger partial charge in [0.05, 0.1) is 12.7 Å².